The highest BCUT2D eigenvalue weighted by atomic mass is 16.2. The zero-order chi connectivity index (χ0) is 16.7. The first-order chi connectivity index (χ1) is 9.68. The lowest BCUT2D eigenvalue weighted by molar-refractivity contribution is -0.139. The van der Waals surface area contributed by atoms with Crippen molar-refractivity contribution < 1.29 is 9.59 Å². The van der Waals surface area contributed by atoms with Gasteiger partial charge in [0.1, 0.15) is 0 Å². The first kappa shape index (κ1) is 18.9. The van der Waals surface area contributed by atoms with Gasteiger partial charge in [-0.2, -0.15) is 0 Å². The van der Waals surface area contributed by atoms with Crippen LogP contribution in [0.5, 0.6) is 0 Å². The molecular formula is C17H26N2O2. The largest absolute Gasteiger partial charge is 0.349 e. The lowest BCUT2D eigenvalue weighted by atomic mass is 9.93. The Labute approximate surface area is 127 Å². The Hall–Kier alpha value is -2.10. The van der Waals surface area contributed by atoms with Crippen molar-refractivity contribution in [2.75, 3.05) is 6.54 Å². The molecule has 0 rings (SSSR count). The van der Waals surface area contributed by atoms with E-state index >= 15 is 0 Å². The number of hydrogen-bond donors (Lipinski definition) is 1. The molecule has 0 aliphatic heterocycles. The summed E-state index contributed by atoms with van der Waals surface area (Å²) in [4.78, 5) is 26.3. The number of nitrogens with zero attached hydrogens (tertiary/aromatic N) is 1. The second kappa shape index (κ2) is 7.62. The predicted octanol–water partition coefficient (Wildman–Crippen LogP) is 2.60. The van der Waals surface area contributed by atoms with Gasteiger partial charge < -0.3 is 10.2 Å². The predicted molar refractivity (Wildman–Crippen MR) is 87.7 cm³/mol. The lowest BCUT2D eigenvalue weighted by Crippen LogP contribution is -2.61. The van der Waals surface area contributed by atoms with E-state index in [1.54, 1.807) is 19.1 Å². The Balaban J connectivity index is 5.82. The van der Waals surface area contributed by atoms with Crippen molar-refractivity contribution in [2.24, 2.45) is 0 Å². The number of carbonyl (C=O) groups is 2. The van der Waals surface area contributed by atoms with Gasteiger partial charge in [-0.1, -0.05) is 37.5 Å². The molecule has 21 heavy (non-hydrogen) atoms. The minimum Gasteiger partial charge on any atom is -0.349 e. The van der Waals surface area contributed by atoms with E-state index in [-0.39, 0.29) is 18.4 Å². The first-order valence-corrected chi connectivity index (χ1v) is 6.83. The molecule has 2 amide bonds. The van der Waals surface area contributed by atoms with Gasteiger partial charge in [0.25, 0.3) is 5.91 Å². The molecular weight excluding hydrogens is 264 g/mol. The van der Waals surface area contributed by atoms with Crippen LogP contribution in [0.2, 0.25) is 0 Å². The van der Waals surface area contributed by atoms with Crippen molar-refractivity contribution >= 4 is 11.8 Å². The molecule has 0 saturated carbocycles. The number of carbonyl (C=O) groups excluding carboxylic acids is 2. The summed E-state index contributed by atoms with van der Waals surface area (Å²) in [7, 11) is 0. The van der Waals surface area contributed by atoms with Crippen LogP contribution in [0.25, 0.3) is 0 Å². The van der Waals surface area contributed by atoms with Crippen LogP contribution in [0.4, 0.5) is 0 Å². The number of allylic oxidation sites excluding steroid dienone is 1. The molecule has 4 nitrogen and oxygen atoms in total. The molecule has 0 heterocycles. The molecule has 0 spiro atoms. The third-order valence-electron chi connectivity index (χ3n) is 2.81. The smallest absolute Gasteiger partial charge is 0.254 e. The van der Waals surface area contributed by atoms with Gasteiger partial charge in [0.15, 0.2) is 5.54 Å². The highest BCUT2D eigenvalue weighted by Gasteiger charge is 2.41. The normalized spacial score (nSPS) is 11.8. The third kappa shape index (κ3) is 4.74. The Bertz CT molecular complexity index is 448. The monoisotopic (exact) mass is 290 g/mol. The molecule has 0 atom stereocenters. The molecule has 4 heteroatoms. The van der Waals surface area contributed by atoms with Crippen molar-refractivity contribution in [1.82, 2.24) is 10.2 Å². The van der Waals surface area contributed by atoms with Crippen LogP contribution in [0.15, 0.2) is 50.1 Å². The first-order valence-electron chi connectivity index (χ1n) is 6.83. The summed E-state index contributed by atoms with van der Waals surface area (Å²) in [5.74, 6) is -0.652. The molecule has 0 aromatic heterocycles. The van der Waals surface area contributed by atoms with Crippen molar-refractivity contribution in [1.29, 1.82) is 0 Å². The fourth-order valence-corrected chi connectivity index (χ4v) is 1.84. The average Bonchev–Trinajstić information content (AvgIpc) is 2.37. The van der Waals surface area contributed by atoms with Crippen LogP contribution >= 0.6 is 0 Å². The Kier molecular flexibility index (Phi) is 6.86. The summed E-state index contributed by atoms with van der Waals surface area (Å²) in [6.45, 7) is 18.6. The molecule has 0 aliphatic rings. The van der Waals surface area contributed by atoms with Gasteiger partial charge >= 0.3 is 0 Å². The van der Waals surface area contributed by atoms with Crippen molar-refractivity contribution in [2.45, 2.75) is 38.8 Å². The maximum Gasteiger partial charge on any atom is 0.254 e. The quantitative estimate of drug-likeness (QED) is 0.579. The van der Waals surface area contributed by atoms with Crippen molar-refractivity contribution in [3.63, 3.8) is 0 Å². The molecule has 1 N–H and O–H groups in total. The van der Waals surface area contributed by atoms with E-state index in [9.17, 15) is 9.59 Å². The summed E-state index contributed by atoms with van der Waals surface area (Å²) >= 11 is 0. The Morgan fingerprint density at radius 3 is 2.00 bits per heavy atom. The number of nitrogens with one attached hydrogen (secondary N) is 1. The standard InChI is InChI=1S/C17H26N2O2/c1-8-12-14(20)19(13-9-2)17(10-3,11-4)15(21)18-16(5,6)7/h8-12H,2-4,13H2,1,5-7H3,(H,18,21)/b12-8+. The molecule has 0 fully saturated rings. The summed E-state index contributed by atoms with van der Waals surface area (Å²) in [5, 5.41) is 2.86. The maximum absolute atomic E-state index is 12.7. The Morgan fingerprint density at radius 2 is 1.67 bits per heavy atom. The second-order valence-electron chi connectivity index (χ2n) is 5.68. The zero-order valence-electron chi connectivity index (χ0n) is 13.5. The molecule has 0 aromatic rings. The second-order valence-corrected chi connectivity index (χ2v) is 5.68. The number of amides is 2. The van der Waals surface area contributed by atoms with E-state index in [2.05, 4.69) is 25.1 Å². The van der Waals surface area contributed by atoms with Gasteiger partial charge in [-0.05, 0) is 33.8 Å². The average molecular weight is 290 g/mol. The van der Waals surface area contributed by atoms with E-state index in [0.29, 0.717) is 0 Å². The fraction of sp³-hybridized carbons (Fsp3) is 0.412. The van der Waals surface area contributed by atoms with Gasteiger partial charge in [0.05, 0.1) is 0 Å². The zero-order valence-corrected chi connectivity index (χ0v) is 13.5. The highest BCUT2D eigenvalue weighted by molar-refractivity contribution is 5.98. The molecule has 0 saturated heterocycles. The fourth-order valence-electron chi connectivity index (χ4n) is 1.84. The molecule has 0 aliphatic carbocycles. The summed E-state index contributed by atoms with van der Waals surface area (Å²) in [5.41, 5.74) is -1.75. The highest BCUT2D eigenvalue weighted by Crippen LogP contribution is 2.21. The van der Waals surface area contributed by atoms with Gasteiger partial charge in [-0.15, -0.1) is 6.58 Å². The summed E-state index contributed by atoms with van der Waals surface area (Å²) in [6, 6.07) is 0. The van der Waals surface area contributed by atoms with E-state index in [1.807, 2.05) is 20.8 Å². The van der Waals surface area contributed by atoms with Gasteiger partial charge in [-0.3, -0.25) is 9.59 Å². The van der Waals surface area contributed by atoms with Crippen LogP contribution in [0, 0.1) is 0 Å². The van der Waals surface area contributed by atoms with Gasteiger partial charge in [-0.25, -0.2) is 0 Å². The molecule has 0 aromatic carbocycles. The lowest BCUT2D eigenvalue weighted by Gasteiger charge is -2.39. The molecule has 116 valence electrons. The van der Waals surface area contributed by atoms with Gasteiger partial charge in [0, 0.05) is 12.1 Å². The van der Waals surface area contributed by atoms with E-state index < -0.39 is 11.1 Å². The van der Waals surface area contributed by atoms with E-state index in [4.69, 9.17) is 0 Å². The van der Waals surface area contributed by atoms with E-state index in [0.717, 1.165) is 0 Å². The van der Waals surface area contributed by atoms with Crippen molar-refractivity contribution in [3.8, 4) is 0 Å². The topological polar surface area (TPSA) is 49.4 Å². The minimum atomic E-state index is -1.32. The molecule has 0 unspecified atom stereocenters. The van der Waals surface area contributed by atoms with Crippen molar-refractivity contribution in [3.05, 3.63) is 50.1 Å². The maximum atomic E-state index is 12.7. The van der Waals surface area contributed by atoms with Gasteiger partial charge in [0.2, 0.25) is 5.91 Å². The van der Waals surface area contributed by atoms with Crippen LogP contribution in [0.1, 0.15) is 27.7 Å². The summed E-state index contributed by atoms with van der Waals surface area (Å²) < 4.78 is 0. The Morgan fingerprint density at radius 1 is 1.14 bits per heavy atom. The van der Waals surface area contributed by atoms with E-state index in [1.165, 1.54) is 23.1 Å². The van der Waals surface area contributed by atoms with Crippen LogP contribution < -0.4 is 5.32 Å². The van der Waals surface area contributed by atoms with Crippen LogP contribution in [-0.4, -0.2) is 34.3 Å². The number of hydrogen-bond acceptors (Lipinski definition) is 2. The third-order valence-corrected chi connectivity index (χ3v) is 2.81. The molecule has 0 radical (unpaired) electrons. The van der Waals surface area contributed by atoms with Crippen LogP contribution in [-0.2, 0) is 9.59 Å². The minimum absolute atomic E-state index is 0.207. The van der Waals surface area contributed by atoms with Crippen LogP contribution in [0.3, 0.4) is 0 Å². The number of rotatable bonds is 7. The SMILES string of the molecule is C=CCN(C(=O)/C=C/C)C(C=C)(C=C)C(=O)NC(C)(C)C. The summed E-state index contributed by atoms with van der Waals surface area (Å²) in [6.07, 6.45) is 7.43. The molecule has 0 bridgehead atoms.